The Labute approximate surface area is 201 Å². The topological polar surface area (TPSA) is 119 Å². The van der Waals surface area contributed by atoms with E-state index >= 15 is 4.39 Å². The molecule has 3 heterocycles. The number of H-pyrrole nitrogens is 1. The number of sulfonamides is 1. The monoisotopic (exact) mass is 511 g/mol. The van der Waals surface area contributed by atoms with E-state index in [4.69, 9.17) is 9.47 Å². The molecule has 0 fully saturated rings. The van der Waals surface area contributed by atoms with Crippen molar-refractivity contribution in [2.45, 2.75) is 31.3 Å². The van der Waals surface area contributed by atoms with Crippen LogP contribution in [0.5, 0.6) is 11.6 Å². The van der Waals surface area contributed by atoms with Crippen LogP contribution < -0.4 is 14.2 Å². The molecule has 3 aromatic heterocycles. The molecule has 35 heavy (non-hydrogen) atoms. The van der Waals surface area contributed by atoms with Crippen molar-refractivity contribution in [3.63, 3.8) is 0 Å². The lowest BCUT2D eigenvalue weighted by Crippen LogP contribution is -2.17. The van der Waals surface area contributed by atoms with Gasteiger partial charge in [0.25, 0.3) is 10.0 Å². The molecule has 4 rings (SSSR count). The van der Waals surface area contributed by atoms with Crippen LogP contribution in [0.25, 0.3) is 11.0 Å². The van der Waals surface area contributed by atoms with Gasteiger partial charge in [0, 0.05) is 20.0 Å². The van der Waals surface area contributed by atoms with Crippen molar-refractivity contribution in [1.82, 2.24) is 20.2 Å². The standard InChI is InChI=1S/C22H20F3N5O4S.2H2/c1-3-4-17-14-8-13(10-26-21(14)29-28-17)34-11-15-16(24)5-6-18(20(15)25)30-35(31,32)19-7-12(23)9-27-22(19)33-2;;/h5-10,30H,3-4,11H2,1-2H3,(H,26,28,29);2*1H. The predicted octanol–water partition coefficient (Wildman–Crippen LogP) is 4.60. The summed E-state index contributed by atoms with van der Waals surface area (Å²) in [5.41, 5.74) is 0.258. The van der Waals surface area contributed by atoms with Crippen LogP contribution in [0, 0.1) is 17.5 Å². The first-order valence-corrected chi connectivity index (χ1v) is 11.9. The van der Waals surface area contributed by atoms with Gasteiger partial charge < -0.3 is 9.47 Å². The number of ether oxygens (including phenoxy) is 2. The van der Waals surface area contributed by atoms with Gasteiger partial charge in [-0.2, -0.15) is 5.10 Å². The molecule has 0 aliphatic carbocycles. The maximum absolute atomic E-state index is 15.1. The van der Waals surface area contributed by atoms with E-state index < -0.39 is 56.1 Å². The van der Waals surface area contributed by atoms with Gasteiger partial charge >= 0.3 is 0 Å². The molecule has 0 aliphatic rings. The number of nitrogens with one attached hydrogen (secondary N) is 2. The number of anilines is 1. The van der Waals surface area contributed by atoms with Crippen molar-refractivity contribution in [1.29, 1.82) is 0 Å². The number of aromatic nitrogens is 4. The molecule has 0 atom stereocenters. The van der Waals surface area contributed by atoms with E-state index in [1.165, 1.54) is 6.20 Å². The van der Waals surface area contributed by atoms with E-state index in [0.29, 0.717) is 11.7 Å². The third-order valence-electron chi connectivity index (χ3n) is 5.04. The summed E-state index contributed by atoms with van der Waals surface area (Å²) in [6.07, 6.45) is 3.75. The van der Waals surface area contributed by atoms with Crippen LogP contribution in [0.1, 0.15) is 27.5 Å². The van der Waals surface area contributed by atoms with Crippen LogP contribution in [0.3, 0.4) is 0 Å². The molecule has 0 saturated heterocycles. The third kappa shape index (κ3) is 4.99. The second-order valence-corrected chi connectivity index (χ2v) is 9.09. The van der Waals surface area contributed by atoms with Crippen LogP contribution in [0.15, 0.2) is 41.6 Å². The molecule has 0 unspecified atom stereocenters. The number of pyridine rings is 2. The fourth-order valence-corrected chi connectivity index (χ4v) is 4.56. The summed E-state index contributed by atoms with van der Waals surface area (Å²) in [6.45, 7) is 1.46. The molecule has 0 amide bonds. The van der Waals surface area contributed by atoms with Crippen molar-refractivity contribution < 1.29 is 33.9 Å². The molecule has 0 spiro atoms. The average molecular weight is 512 g/mol. The molecule has 1 aromatic carbocycles. The van der Waals surface area contributed by atoms with Crippen molar-refractivity contribution in [3.8, 4) is 11.6 Å². The zero-order valence-electron chi connectivity index (χ0n) is 18.6. The first-order valence-electron chi connectivity index (χ1n) is 10.4. The van der Waals surface area contributed by atoms with Gasteiger partial charge in [-0.05, 0) is 24.6 Å². The fourth-order valence-electron chi connectivity index (χ4n) is 3.37. The van der Waals surface area contributed by atoms with E-state index in [2.05, 4.69) is 20.2 Å². The summed E-state index contributed by atoms with van der Waals surface area (Å²) in [5.74, 6) is -3.23. The lowest BCUT2D eigenvalue weighted by Gasteiger charge is -2.14. The van der Waals surface area contributed by atoms with Gasteiger partial charge in [0.2, 0.25) is 5.88 Å². The smallest absolute Gasteiger partial charge is 0.267 e. The van der Waals surface area contributed by atoms with E-state index in [1.807, 2.05) is 11.6 Å². The van der Waals surface area contributed by atoms with E-state index in [-0.39, 0.29) is 8.60 Å². The van der Waals surface area contributed by atoms with Gasteiger partial charge in [-0.25, -0.2) is 31.6 Å². The summed E-state index contributed by atoms with van der Waals surface area (Å²) >= 11 is 0. The highest BCUT2D eigenvalue weighted by Crippen LogP contribution is 2.29. The Hall–Kier alpha value is -3.87. The van der Waals surface area contributed by atoms with Crippen molar-refractivity contribution in [2.75, 3.05) is 11.8 Å². The molecule has 188 valence electrons. The van der Waals surface area contributed by atoms with E-state index in [0.717, 1.165) is 49.4 Å². The zero-order valence-corrected chi connectivity index (χ0v) is 19.4. The molecule has 0 bridgehead atoms. The second-order valence-electron chi connectivity index (χ2n) is 7.44. The van der Waals surface area contributed by atoms with Crippen molar-refractivity contribution >= 4 is 26.7 Å². The number of hydrogen-bond donors (Lipinski definition) is 2. The van der Waals surface area contributed by atoms with Crippen LogP contribution in [0.2, 0.25) is 0 Å². The lowest BCUT2D eigenvalue weighted by molar-refractivity contribution is 0.292. The molecule has 0 saturated carbocycles. The van der Waals surface area contributed by atoms with Gasteiger partial charge in [0.05, 0.1) is 30.8 Å². The van der Waals surface area contributed by atoms with E-state index in [9.17, 15) is 17.2 Å². The molecule has 0 radical (unpaired) electrons. The quantitative estimate of drug-likeness (QED) is 0.337. The Morgan fingerprint density at radius 1 is 1.14 bits per heavy atom. The maximum atomic E-state index is 15.1. The van der Waals surface area contributed by atoms with E-state index in [1.54, 1.807) is 6.07 Å². The number of nitrogens with zero attached hydrogens (tertiary/aromatic N) is 3. The summed E-state index contributed by atoms with van der Waals surface area (Å²) in [4.78, 5) is 7.07. The maximum Gasteiger partial charge on any atom is 0.267 e. The Kier molecular flexibility index (Phi) is 6.78. The third-order valence-corrected chi connectivity index (χ3v) is 6.40. The highest BCUT2D eigenvalue weighted by Gasteiger charge is 2.25. The van der Waals surface area contributed by atoms with Gasteiger partial charge in [0.15, 0.2) is 16.4 Å². The Morgan fingerprint density at radius 2 is 1.94 bits per heavy atom. The molecular formula is C22H24F3N5O4S. The highest BCUT2D eigenvalue weighted by molar-refractivity contribution is 7.92. The van der Waals surface area contributed by atoms with Crippen LogP contribution in [-0.4, -0.2) is 35.7 Å². The Balaban J connectivity index is 0.00000241. The minimum Gasteiger partial charge on any atom is -0.487 e. The molecule has 0 aliphatic heterocycles. The number of halogens is 3. The largest absolute Gasteiger partial charge is 0.487 e. The molecule has 13 heteroatoms. The zero-order chi connectivity index (χ0) is 25.2. The summed E-state index contributed by atoms with van der Waals surface area (Å²) in [5, 5.41) is 7.72. The van der Waals surface area contributed by atoms with Crippen molar-refractivity contribution in [3.05, 3.63) is 65.4 Å². The second kappa shape index (κ2) is 9.78. The lowest BCUT2D eigenvalue weighted by atomic mass is 10.2. The molecule has 2 N–H and O–H groups in total. The minimum absolute atomic E-state index is 0. The van der Waals surface area contributed by atoms with Gasteiger partial charge in [-0.3, -0.25) is 9.82 Å². The van der Waals surface area contributed by atoms with Crippen molar-refractivity contribution in [2.24, 2.45) is 0 Å². The molecule has 4 aromatic rings. The number of hydrogen-bond acceptors (Lipinski definition) is 7. The highest BCUT2D eigenvalue weighted by atomic mass is 32.2. The predicted molar refractivity (Wildman–Crippen MR) is 124 cm³/mol. The van der Waals surface area contributed by atoms with Gasteiger partial charge in [-0.15, -0.1) is 0 Å². The summed E-state index contributed by atoms with van der Waals surface area (Å²) < 4.78 is 81.0. The fraction of sp³-hybridized carbons (Fsp3) is 0.227. The molecular weight excluding hydrogens is 487 g/mol. The Morgan fingerprint density at radius 3 is 2.69 bits per heavy atom. The average Bonchev–Trinajstić information content (AvgIpc) is 3.23. The van der Waals surface area contributed by atoms with Gasteiger partial charge in [0.1, 0.15) is 24.0 Å². The number of rotatable bonds is 9. The van der Waals surface area contributed by atoms with Crippen LogP contribution >= 0.6 is 0 Å². The molecule has 9 nitrogen and oxygen atoms in total. The van der Waals surface area contributed by atoms with Gasteiger partial charge in [-0.1, -0.05) is 13.3 Å². The first kappa shape index (κ1) is 24.3. The van der Waals surface area contributed by atoms with Crippen LogP contribution in [0.4, 0.5) is 18.9 Å². The SMILES string of the molecule is CCCc1[nH]nc2ncc(OCc3c(F)ccc(NS(=O)(=O)c4cc(F)cnc4OC)c3F)cc12.[HH].[HH]. The number of fused-ring (bicyclic) bond motifs is 1. The number of aromatic amines is 1. The number of methoxy groups -OCH3 is 1. The minimum atomic E-state index is -4.53. The number of benzene rings is 1. The summed E-state index contributed by atoms with van der Waals surface area (Å²) in [6, 6.07) is 4.12. The first-order chi connectivity index (χ1) is 16.7. The number of aryl methyl sites for hydroxylation is 1. The normalized spacial score (nSPS) is 11.6. The summed E-state index contributed by atoms with van der Waals surface area (Å²) in [7, 11) is -3.38. The van der Waals surface area contributed by atoms with Crippen LogP contribution in [-0.2, 0) is 23.1 Å². The Bertz CT molecular complexity index is 1510.